The second kappa shape index (κ2) is 46.0. The van der Waals surface area contributed by atoms with Gasteiger partial charge in [-0.2, -0.15) is 24.9 Å². The highest BCUT2D eigenvalue weighted by Crippen LogP contribution is 2.35. The highest BCUT2D eigenvalue weighted by Gasteiger charge is 2.31. The molecule has 0 saturated carbocycles. The number of hydrogen-bond donors (Lipinski definition) is 10. The van der Waals surface area contributed by atoms with Crippen LogP contribution >= 0.6 is 23.2 Å². The van der Waals surface area contributed by atoms with Crippen molar-refractivity contribution in [3.8, 4) is 0 Å². The minimum Gasteiger partial charge on any atom is -0.368 e. The fourth-order valence-corrected chi connectivity index (χ4v) is 13.7. The zero-order chi connectivity index (χ0) is 86.1. The maximum atomic E-state index is 11.5. The van der Waals surface area contributed by atoms with Crippen molar-refractivity contribution in [2.75, 3.05) is 55.3 Å². The number of carbonyl (C=O) groups is 4. The number of unbranched alkanes of at least 4 members (excludes halogenated alkanes) is 7. The average Bonchev–Trinajstić information content (AvgIpc) is 0.788. The lowest BCUT2D eigenvalue weighted by Crippen LogP contribution is -2.36. The van der Waals surface area contributed by atoms with E-state index in [0.29, 0.717) is 109 Å². The molecule has 0 fully saturated rings. The molecule has 10 aromatic heterocycles. The molecule has 0 aromatic carbocycles. The number of hydrogen-bond acceptors (Lipinski definition) is 29. The molecule has 5 atom stereocenters. The number of Topliss-reactive ketones (excluding diaryl/α,β-unsaturated/α-hetero) is 4. The fourth-order valence-electron chi connectivity index (χ4n) is 13.4. The van der Waals surface area contributed by atoms with Crippen molar-refractivity contribution in [3.63, 3.8) is 0 Å². The van der Waals surface area contributed by atoms with E-state index in [1.807, 2.05) is 37.3 Å². The highest BCUT2D eigenvalue weighted by molar-refractivity contribution is 6.31. The molecule has 0 aliphatic rings. The first-order valence-electron chi connectivity index (χ1n) is 41.2. The van der Waals surface area contributed by atoms with E-state index in [1.165, 1.54) is 6.42 Å². The molecule has 0 radical (unpaired) electrons. The number of ketones is 4. The van der Waals surface area contributed by atoms with E-state index in [-0.39, 0.29) is 80.6 Å². The van der Waals surface area contributed by atoms with Crippen molar-refractivity contribution < 1.29 is 19.2 Å². The van der Waals surface area contributed by atoms with Crippen molar-refractivity contribution in [2.45, 2.75) is 305 Å². The molecular weight excluding hydrogens is 1520 g/mol. The van der Waals surface area contributed by atoms with Gasteiger partial charge in [-0.3, -0.25) is 15.0 Å². The van der Waals surface area contributed by atoms with Crippen molar-refractivity contribution >= 4 is 160 Å². The summed E-state index contributed by atoms with van der Waals surface area (Å²) in [7, 11) is 0. The third kappa shape index (κ3) is 31.6. The van der Waals surface area contributed by atoms with Gasteiger partial charge in [0.15, 0.2) is 29.1 Å². The maximum Gasteiger partial charge on any atom is 0.222 e. The Hall–Kier alpha value is -10.3. The van der Waals surface area contributed by atoms with Crippen LogP contribution in [0.1, 0.15) is 276 Å². The number of anilines is 10. The van der Waals surface area contributed by atoms with Gasteiger partial charge in [0, 0.05) is 84.4 Å². The van der Waals surface area contributed by atoms with Crippen molar-refractivity contribution in [2.24, 2.45) is 0 Å². The van der Waals surface area contributed by atoms with Gasteiger partial charge in [-0.15, -0.1) is 0 Å². The number of nitrogens with two attached hydrogens (primary N) is 5. The molecule has 10 aromatic rings. The van der Waals surface area contributed by atoms with Crippen LogP contribution in [0.5, 0.6) is 0 Å². The Morgan fingerprint density at radius 3 is 0.880 bits per heavy atom. The molecule has 10 heterocycles. The number of rotatable bonds is 40. The van der Waals surface area contributed by atoms with Crippen LogP contribution in [-0.2, 0) is 19.2 Å². The van der Waals surface area contributed by atoms with Crippen LogP contribution < -0.4 is 55.3 Å². The lowest BCUT2D eigenvalue weighted by atomic mass is 9.88. The van der Waals surface area contributed by atoms with E-state index in [0.717, 1.165) is 151 Å². The topological polar surface area (TPSA) is 452 Å². The Balaban J connectivity index is 0.000000227. The van der Waals surface area contributed by atoms with Crippen LogP contribution in [0.4, 0.5) is 58.8 Å². The first-order valence-corrected chi connectivity index (χ1v) is 42.0. The van der Waals surface area contributed by atoms with Crippen molar-refractivity contribution in [3.05, 3.63) is 89.1 Å². The van der Waals surface area contributed by atoms with Gasteiger partial charge in [0.1, 0.15) is 50.7 Å². The summed E-state index contributed by atoms with van der Waals surface area (Å²) in [5, 5.41) is 18.5. The Labute approximate surface area is 700 Å². The van der Waals surface area contributed by atoms with E-state index in [2.05, 4.69) is 178 Å². The van der Waals surface area contributed by atoms with Gasteiger partial charge in [-0.1, -0.05) is 142 Å². The number of nitrogen functional groups attached to an aromatic ring is 5. The van der Waals surface area contributed by atoms with E-state index < -0.39 is 0 Å². The van der Waals surface area contributed by atoms with Gasteiger partial charge in [0.05, 0.1) is 37.6 Å². The Morgan fingerprint density at radius 2 is 0.590 bits per heavy atom. The van der Waals surface area contributed by atoms with E-state index in [4.69, 9.17) is 51.9 Å². The van der Waals surface area contributed by atoms with E-state index in [1.54, 1.807) is 70.8 Å². The molecule has 634 valence electrons. The number of pyridine rings is 5. The smallest absolute Gasteiger partial charge is 0.222 e. The molecule has 0 aliphatic carbocycles. The molecule has 0 saturated heterocycles. The molecule has 15 N–H and O–H groups in total. The summed E-state index contributed by atoms with van der Waals surface area (Å²) in [5.41, 5.74) is 36.1. The van der Waals surface area contributed by atoms with Gasteiger partial charge in [0.2, 0.25) is 29.7 Å². The third-order valence-corrected chi connectivity index (χ3v) is 21.0. The van der Waals surface area contributed by atoms with Crippen LogP contribution in [0.3, 0.4) is 0 Å². The maximum absolute atomic E-state index is 11.5. The summed E-state index contributed by atoms with van der Waals surface area (Å²) in [4.78, 5) is 111. The van der Waals surface area contributed by atoms with Gasteiger partial charge in [0.25, 0.3) is 0 Å². The van der Waals surface area contributed by atoms with Gasteiger partial charge >= 0.3 is 0 Å². The monoisotopic (exact) mass is 1640 g/mol. The minimum atomic E-state index is -0.268. The number of halogens is 2. The molecular formula is C86H127Cl2N25O4. The predicted molar refractivity (Wildman–Crippen MR) is 480 cm³/mol. The molecule has 0 aliphatic heterocycles. The minimum absolute atomic E-state index is 0.0367. The lowest BCUT2D eigenvalue weighted by molar-refractivity contribution is -0.118. The summed E-state index contributed by atoms with van der Waals surface area (Å²) in [6.45, 7) is 32.2. The number of carbonyl (C=O) groups excluding carboxylic acids is 4. The molecule has 0 amide bonds. The summed E-state index contributed by atoms with van der Waals surface area (Å²) in [6.07, 6.45) is 32.9. The number of aromatic nitrogens is 15. The molecule has 31 heteroatoms. The standard InChI is InChI=1S/C18H26ClN5O.2C18H27N5O.C17H25N5O.C15H22ClN5/c1-4-5-6-8-18(3,9-7-12(2)25)24-16-15-14(22-17(20)23-16)10-13(19)11-21-15;1-5-6-8-18(4,9-7-13(3)24)23-16-15-14(21-17(19)22-16)10-12(2)11-20-15;1-4-5-6-10-18(3,11-9-13(2)24)23-16-15-14(8-7-12-20-15)21-17(19)22-16;1-4-5-9-17(3,10-8-12(2)23)22-15-14-13(7-6-11-19-14)20-16(18)21-15;1-4-6-7-15(3,5-2)21-13-12-11(19-14(17)20-13)8-10(16)9-18-12/h10-11H,4-9H2,1-3H3,(H3,20,22,23,24);10-11H,5-9H2,1-4H3,(H3,19,21,22,23);7-8,12H,4-6,9-11H2,1-3H3,(H3,19,21,22,23);6-7,11H,4-5,8-10H2,1-3H3,(H3,18,20,21,22);8-9H,4-7H2,1-3H3,(H3,17,19,20,21)/t3*18-;17-;15-/m00001/s1. The van der Waals surface area contributed by atoms with Crippen LogP contribution in [0, 0.1) is 6.92 Å². The molecule has 117 heavy (non-hydrogen) atoms. The quantitative estimate of drug-likeness (QED) is 0.0159. The first-order chi connectivity index (χ1) is 55.5. The lowest BCUT2D eigenvalue weighted by Gasteiger charge is -2.32. The first kappa shape index (κ1) is 95.6. The Kier molecular flexibility index (Phi) is 37.6. The summed E-state index contributed by atoms with van der Waals surface area (Å²) < 4.78 is 0. The predicted octanol–water partition coefficient (Wildman–Crippen LogP) is 19.1. The number of nitrogens with one attached hydrogen (secondary N) is 5. The number of aryl methyl sites for hydroxylation is 1. The van der Waals surface area contributed by atoms with E-state index in [9.17, 15) is 19.2 Å². The molecule has 0 spiro atoms. The SMILES string of the molecule is CCCCC[C@@](C)(CCC(C)=O)Nc1nc(N)nc2cc(Cl)cnc12.CCCCC[C@@](C)(CCC(C)=O)Nc1nc(N)nc2cccnc12.CCCC[C@@](C)(CC)Nc1nc(N)nc2cc(Cl)cnc12.CCCC[C@@](C)(CCC(C)=O)Nc1nc(N)nc2cc(C)cnc12.CCCC[C@@](C)(CCC(C)=O)Nc1nc(N)nc2cccnc12. The number of fused-ring (bicyclic) bond motifs is 5. The van der Waals surface area contributed by atoms with Crippen LogP contribution in [0.2, 0.25) is 10.0 Å². The van der Waals surface area contributed by atoms with E-state index >= 15 is 0 Å². The van der Waals surface area contributed by atoms with Crippen LogP contribution in [0.15, 0.2) is 73.4 Å². The molecule has 0 unspecified atom stereocenters. The van der Waals surface area contributed by atoms with Gasteiger partial charge < -0.3 is 74.4 Å². The summed E-state index contributed by atoms with van der Waals surface area (Å²) in [6, 6.07) is 12.8. The van der Waals surface area contributed by atoms with Gasteiger partial charge in [-0.05, 0) is 181 Å². The Morgan fingerprint density at radius 1 is 0.333 bits per heavy atom. The largest absolute Gasteiger partial charge is 0.368 e. The normalized spacial score (nSPS) is 13.7. The molecule has 29 nitrogen and oxygen atoms in total. The van der Waals surface area contributed by atoms with Crippen LogP contribution in [-0.4, -0.2) is 126 Å². The van der Waals surface area contributed by atoms with Crippen molar-refractivity contribution in [1.82, 2.24) is 74.8 Å². The third-order valence-electron chi connectivity index (χ3n) is 20.6. The zero-order valence-corrected chi connectivity index (χ0v) is 73.3. The van der Waals surface area contributed by atoms with Crippen LogP contribution in [0.25, 0.3) is 55.2 Å². The summed E-state index contributed by atoms with van der Waals surface area (Å²) >= 11 is 12.0. The Bertz CT molecular complexity index is 4890. The summed E-state index contributed by atoms with van der Waals surface area (Å²) in [5.74, 6) is 5.00. The zero-order valence-electron chi connectivity index (χ0n) is 71.8. The fraction of sp³-hybridized carbons (Fsp3) is 0.547. The second-order valence-corrected chi connectivity index (χ2v) is 33.0. The van der Waals surface area contributed by atoms with Gasteiger partial charge in [-0.25, -0.2) is 34.9 Å². The number of nitrogens with zero attached hydrogens (tertiary/aromatic N) is 15. The highest BCUT2D eigenvalue weighted by atomic mass is 35.5. The molecule has 10 rings (SSSR count). The average molecular weight is 1650 g/mol. The second-order valence-electron chi connectivity index (χ2n) is 32.1. The molecule has 0 bridgehead atoms. The van der Waals surface area contributed by atoms with Crippen molar-refractivity contribution in [1.29, 1.82) is 0 Å².